The van der Waals surface area contributed by atoms with Crippen LogP contribution < -0.4 is 9.64 Å². The van der Waals surface area contributed by atoms with Crippen LogP contribution >= 0.6 is 0 Å². The van der Waals surface area contributed by atoms with E-state index < -0.39 is 0 Å². The van der Waals surface area contributed by atoms with Crippen LogP contribution in [-0.2, 0) is 13.5 Å². The Bertz CT molecular complexity index is 597. The third-order valence-corrected chi connectivity index (χ3v) is 3.78. The first-order valence-electron chi connectivity index (χ1n) is 7.42. The Labute approximate surface area is 124 Å². The summed E-state index contributed by atoms with van der Waals surface area (Å²) in [5.41, 5.74) is 1.30. The van der Waals surface area contributed by atoms with Crippen LogP contribution in [0.5, 0.6) is 5.88 Å². The lowest BCUT2D eigenvalue weighted by atomic mass is 10.0. The molecule has 0 bridgehead atoms. The lowest BCUT2D eigenvalue weighted by Gasteiger charge is -2.17. The zero-order valence-corrected chi connectivity index (χ0v) is 12.6. The van der Waals surface area contributed by atoms with Crippen molar-refractivity contribution in [1.29, 1.82) is 0 Å². The Morgan fingerprint density at radius 1 is 1.33 bits per heavy atom. The number of aryl methyl sites for hydroxylation is 1. The van der Waals surface area contributed by atoms with Crippen LogP contribution in [0.3, 0.4) is 0 Å². The lowest BCUT2D eigenvalue weighted by Crippen LogP contribution is -2.21. The molecule has 0 amide bonds. The quantitative estimate of drug-likeness (QED) is 0.837. The highest BCUT2D eigenvalue weighted by Gasteiger charge is 2.24. The second-order valence-corrected chi connectivity index (χ2v) is 5.48. The molecular weight excluding hydrogens is 266 g/mol. The molecule has 6 nitrogen and oxygen atoms in total. The highest BCUT2D eigenvalue weighted by Crippen LogP contribution is 2.25. The summed E-state index contributed by atoms with van der Waals surface area (Å²) in [6.07, 6.45) is 9.78. The molecule has 0 saturated carbocycles. The van der Waals surface area contributed by atoms with Gasteiger partial charge in [-0.3, -0.25) is 9.67 Å². The topological polar surface area (TPSA) is 56.1 Å². The van der Waals surface area contributed by atoms with Gasteiger partial charge in [-0.15, -0.1) is 0 Å². The van der Waals surface area contributed by atoms with Gasteiger partial charge in [-0.2, -0.15) is 10.1 Å². The van der Waals surface area contributed by atoms with E-state index in [0.29, 0.717) is 18.4 Å². The third-order valence-electron chi connectivity index (χ3n) is 3.78. The van der Waals surface area contributed by atoms with Gasteiger partial charge in [0, 0.05) is 26.3 Å². The second kappa shape index (κ2) is 6.11. The van der Waals surface area contributed by atoms with Crippen LogP contribution in [-0.4, -0.2) is 39.4 Å². The minimum Gasteiger partial charge on any atom is -0.477 e. The average molecular weight is 287 g/mol. The van der Waals surface area contributed by atoms with E-state index in [4.69, 9.17) is 4.74 Å². The molecule has 0 aliphatic carbocycles. The van der Waals surface area contributed by atoms with Crippen molar-refractivity contribution in [3.05, 3.63) is 30.4 Å². The first-order chi connectivity index (χ1) is 10.2. The third kappa shape index (κ3) is 3.32. The molecule has 6 heteroatoms. The van der Waals surface area contributed by atoms with Crippen LogP contribution in [0.2, 0.25) is 0 Å². The summed E-state index contributed by atoms with van der Waals surface area (Å²) in [7, 11) is 1.96. The van der Waals surface area contributed by atoms with Gasteiger partial charge in [0.05, 0.1) is 25.2 Å². The first-order valence-corrected chi connectivity index (χ1v) is 7.42. The average Bonchev–Trinajstić information content (AvgIpc) is 3.10. The van der Waals surface area contributed by atoms with E-state index >= 15 is 0 Å². The molecule has 3 rings (SSSR count). The SMILES string of the molecule is CCOc1cncc(N2CCC(Cc3cnn(C)c3)C2)n1. The molecule has 112 valence electrons. The monoisotopic (exact) mass is 287 g/mol. The molecule has 3 heterocycles. The Kier molecular flexibility index (Phi) is 4.03. The zero-order valence-electron chi connectivity index (χ0n) is 12.6. The van der Waals surface area contributed by atoms with Crippen molar-refractivity contribution >= 4 is 5.82 Å². The van der Waals surface area contributed by atoms with Crippen LogP contribution in [0, 0.1) is 5.92 Å². The van der Waals surface area contributed by atoms with E-state index in [2.05, 4.69) is 26.2 Å². The molecule has 1 aliphatic heterocycles. The van der Waals surface area contributed by atoms with Crippen LogP contribution in [0.15, 0.2) is 24.8 Å². The highest BCUT2D eigenvalue weighted by molar-refractivity contribution is 5.39. The van der Waals surface area contributed by atoms with Gasteiger partial charge in [0.2, 0.25) is 5.88 Å². The number of hydrogen-bond donors (Lipinski definition) is 0. The Morgan fingerprint density at radius 3 is 3.00 bits per heavy atom. The minimum atomic E-state index is 0.603. The summed E-state index contributed by atoms with van der Waals surface area (Å²) in [5, 5.41) is 4.23. The fourth-order valence-corrected chi connectivity index (χ4v) is 2.83. The predicted octanol–water partition coefficient (Wildman–Crippen LogP) is 1.68. The number of aromatic nitrogens is 4. The number of ether oxygens (including phenoxy) is 1. The zero-order chi connectivity index (χ0) is 14.7. The molecule has 0 radical (unpaired) electrons. The fraction of sp³-hybridized carbons (Fsp3) is 0.533. The maximum atomic E-state index is 5.42. The fourth-order valence-electron chi connectivity index (χ4n) is 2.83. The van der Waals surface area contributed by atoms with Gasteiger partial charge >= 0.3 is 0 Å². The number of rotatable bonds is 5. The molecule has 2 aromatic rings. The van der Waals surface area contributed by atoms with Crippen molar-refractivity contribution in [2.75, 3.05) is 24.6 Å². The highest BCUT2D eigenvalue weighted by atomic mass is 16.5. The lowest BCUT2D eigenvalue weighted by molar-refractivity contribution is 0.325. The molecule has 0 spiro atoms. The molecule has 1 unspecified atom stereocenters. The molecule has 1 fully saturated rings. The van der Waals surface area contributed by atoms with Crippen molar-refractivity contribution in [3.63, 3.8) is 0 Å². The van der Waals surface area contributed by atoms with E-state index in [1.54, 1.807) is 6.20 Å². The second-order valence-electron chi connectivity index (χ2n) is 5.48. The van der Waals surface area contributed by atoms with Crippen molar-refractivity contribution in [3.8, 4) is 5.88 Å². The number of anilines is 1. The standard InChI is InChI=1S/C15H21N5O/c1-3-21-15-9-16-8-14(18-15)20-5-4-12(11-20)6-13-7-17-19(2)10-13/h7-10,12H,3-6,11H2,1-2H3. The molecule has 21 heavy (non-hydrogen) atoms. The number of nitrogens with zero attached hydrogens (tertiary/aromatic N) is 5. The van der Waals surface area contributed by atoms with E-state index in [9.17, 15) is 0 Å². The van der Waals surface area contributed by atoms with Gasteiger partial charge < -0.3 is 9.64 Å². The molecule has 2 aromatic heterocycles. The van der Waals surface area contributed by atoms with Gasteiger partial charge in [0.15, 0.2) is 5.82 Å². The van der Waals surface area contributed by atoms with Crippen molar-refractivity contribution in [2.45, 2.75) is 19.8 Å². The Balaban J connectivity index is 1.62. The van der Waals surface area contributed by atoms with Gasteiger partial charge in [0.1, 0.15) is 0 Å². The largest absolute Gasteiger partial charge is 0.477 e. The summed E-state index contributed by atoms with van der Waals surface area (Å²) in [6, 6.07) is 0. The summed E-state index contributed by atoms with van der Waals surface area (Å²) in [4.78, 5) is 11.0. The van der Waals surface area contributed by atoms with Gasteiger partial charge in [0.25, 0.3) is 0 Å². The normalized spacial score (nSPS) is 18.2. The maximum absolute atomic E-state index is 5.42. The van der Waals surface area contributed by atoms with E-state index in [1.165, 1.54) is 12.0 Å². The molecular formula is C15H21N5O. The summed E-state index contributed by atoms with van der Waals surface area (Å²) >= 11 is 0. The minimum absolute atomic E-state index is 0.603. The van der Waals surface area contributed by atoms with E-state index in [0.717, 1.165) is 25.3 Å². The van der Waals surface area contributed by atoms with E-state index in [-0.39, 0.29) is 0 Å². The number of hydrogen-bond acceptors (Lipinski definition) is 5. The van der Waals surface area contributed by atoms with Gasteiger partial charge in [-0.05, 0) is 31.2 Å². The Hall–Kier alpha value is -2.11. The molecule has 0 N–H and O–H groups in total. The predicted molar refractivity (Wildman–Crippen MR) is 80.4 cm³/mol. The summed E-state index contributed by atoms with van der Waals surface area (Å²) < 4.78 is 7.28. The van der Waals surface area contributed by atoms with Crippen LogP contribution in [0.4, 0.5) is 5.82 Å². The Morgan fingerprint density at radius 2 is 2.24 bits per heavy atom. The van der Waals surface area contributed by atoms with Crippen molar-refractivity contribution in [1.82, 2.24) is 19.7 Å². The summed E-state index contributed by atoms with van der Waals surface area (Å²) in [5.74, 6) is 2.16. The van der Waals surface area contributed by atoms with E-state index in [1.807, 2.05) is 31.0 Å². The van der Waals surface area contributed by atoms with Gasteiger partial charge in [-0.1, -0.05) is 0 Å². The van der Waals surface area contributed by atoms with Crippen molar-refractivity contribution in [2.24, 2.45) is 13.0 Å². The molecule has 1 aliphatic rings. The van der Waals surface area contributed by atoms with Gasteiger partial charge in [-0.25, -0.2) is 0 Å². The maximum Gasteiger partial charge on any atom is 0.234 e. The molecule has 1 atom stereocenters. The molecule has 0 aromatic carbocycles. The smallest absolute Gasteiger partial charge is 0.234 e. The van der Waals surface area contributed by atoms with Crippen molar-refractivity contribution < 1.29 is 4.74 Å². The first kappa shape index (κ1) is 13.9. The van der Waals surface area contributed by atoms with Crippen LogP contribution in [0.1, 0.15) is 18.9 Å². The summed E-state index contributed by atoms with van der Waals surface area (Å²) in [6.45, 7) is 4.60. The van der Waals surface area contributed by atoms with Crippen LogP contribution in [0.25, 0.3) is 0 Å². The molecule has 1 saturated heterocycles.